The van der Waals surface area contributed by atoms with Gasteiger partial charge in [-0.2, -0.15) is 0 Å². The number of rotatable bonds is 0. The zero-order valence-electron chi connectivity index (χ0n) is 3.23. The van der Waals surface area contributed by atoms with Crippen molar-refractivity contribution in [1.82, 2.24) is 0 Å². The molecular weight excluding hydrogens is 60.1 g/mol. The number of allylic oxidation sites excluding steroid dienone is 2. The van der Waals surface area contributed by atoms with E-state index in [1.165, 1.54) is 0 Å². The molecule has 0 unspecified atom stereocenters. The highest BCUT2D eigenvalue weighted by molar-refractivity contribution is 5.07. The molecule has 0 aliphatic carbocycles. The number of terminal acetylenes is 1. The minimum atomic E-state index is 1.65. The largest absolute Gasteiger partial charge is 0.115 e. The number of hydrogen-bond acceptors (Lipinski definition) is 0. The van der Waals surface area contributed by atoms with Crippen molar-refractivity contribution in [2.75, 3.05) is 0 Å². The third kappa shape index (κ3) is 3.30. The first-order valence-corrected chi connectivity index (χ1v) is 1.49. The van der Waals surface area contributed by atoms with Crippen LogP contribution in [0.2, 0.25) is 0 Å². The molecule has 5 heavy (non-hydrogen) atoms. The van der Waals surface area contributed by atoms with E-state index < -0.39 is 0 Å². The summed E-state index contributed by atoms with van der Waals surface area (Å²) < 4.78 is 0. The Morgan fingerprint density at radius 1 is 1.80 bits per heavy atom. The summed E-state index contributed by atoms with van der Waals surface area (Å²) in [7, 11) is 0. The standard InChI is InChI=1S/C5H6/c1-3-5-4-2/h1,4-5H,2H3/b5-4-. The van der Waals surface area contributed by atoms with E-state index in [1.807, 2.05) is 13.0 Å². The Morgan fingerprint density at radius 3 is 2.40 bits per heavy atom. The summed E-state index contributed by atoms with van der Waals surface area (Å²) in [6.07, 6.45) is 8.27. The van der Waals surface area contributed by atoms with Gasteiger partial charge in [0.1, 0.15) is 0 Å². The predicted molar refractivity (Wildman–Crippen MR) is 23.6 cm³/mol. The first kappa shape index (κ1) is 4.30. The third-order valence-electron chi connectivity index (χ3n) is 0.263. The van der Waals surface area contributed by atoms with Gasteiger partial charge in [0.05, 0.1) is 0 Å². The molecule has 0 aromatic heterocycles. The van der Waals surface area contributed by atoms with E-state index in [0.29, 0.717) is 0 Å². The van der Waals surface area contributed by atoms with Crippen LogP contribution in [0.5, 0.6) is 0 Å². The topological polar surface area (TPSA) is 0 Å². The Balaban J connectivity index is 3.04. The monoisotopic (exact) mass is 66.0 g/mol. The average Bonchev–Trinajstić information content (AvgIpc) is 1.41. The van der Waals surface area contributed by atoms with Crippen LogP contribution in [-0.2, 0) is 0 Å². The van der Waals surface area contributed by atoms with Gasteiger partial charge in [0.15, 0.2) is 0 Å². The highest BCUT2D eigenvalue weighted by Gasteiger charge is 1.41. The molecule has 0 N–H and O–H groups in total. The Labute approximate surface area is 32.5 Å². The second-order valence-corrected chi connectivity index (χ2v) is 0.667. The normalized spacial score (nSPS) is 8.00. The summed E-state index contributed by atoms with van der Waals surface area (Å²) >= 11 is 0. The zero-order valence-corrected chi connectivity index (χ0v) is 3.23. The molecule has 0 amide bonds. The SMILES string of the molecule is C#C/C=C\C. The molecule has 0 heteroatoms. The molecular formula is C5H6. The van der Waals surface area contributed by atoms with E-state index in [2.05, 4.69) is 5.92 Å². The first-order chi connectivity index (χ1) is 2.41. The Morgan fingerprint density at radius 2 is 2.40 bits per heavy atom. The lowest BCUT2D eigenvalue weighted by Crippen LogP contribution is -1.35. The lowest BCUT2D eigenvalue weighted by atomic mass is 10.6. The maximum absolute atomic E-state index is 4.80. The molecule has 0 atom stereocenters. The molecule has 0 aromatic rings. The van der Waals surface area contributed by atoms with Gasteiger partial charge in [-0.25, -0.2) is 0 Å². The van der Waals surface area contributed by atoms with E-state index >= 15 is 0 Å². The van der Waals surface area contributed by atoms with Crippen LogP contribution in [0, 0.1) is 12.3 Å². The van der Waals surface area contributed by atoms with Gasteiger partial charge in [0.25, 0.3) is 0 Å². The molecule has 0 aliphatic rings. The van der Waals surface area contributed by atoms with Gasteiger partial charge in [-0.05, 0) is 13.0 Å². The summed E-state index contributed by atoms with van der Waals surface area (Å²) in [5, 5.41) is 0. The molecule has 0 spiro atoms. The lowest BCUT2D eigenvalue weighted by Gasteiger charge is -1.51. The van der Waals surface area contributed by atoms with Gasteiger partial charge in [0, 0.05) is 0 Å². The van der Waals surface area contributed by atoms with Crippen molar-refractivity contribution in [2.24, 2.45) is 0 Å². The Kier molecular flexibility index (Phi) is 2.84. The molecule has 0 heterocycles. The van der Waals surface area contributed by atoms with Crippen molar-refractivity contribution in [3.8, 4) is 12.3 Å². The summed E-state index contributed by atoms with van der Waals surface area (Å²) in [5.41, 5.74) is 0. The van der Waals surface area contributed by atoms with E-state index in [0.717, 1.165) is 0 Å². The van der Waals surface area contributed by atoms with Gasteiger partial charge in [-0.1, -0.05) is 12.0 Å². The summed E-state index contributed by atoms with van der Waals surface area (Å²) in [4.78, 5) is 0. The van der Waals surface area contributed by atoms with Crippen molar-refractivity contribution < 1.29 is 0 Å². The fourth-order valence-electron chi connectivity index (χ4n) is 0.0962. The molecule has 0 aliphatic heterocycles. The molecule has 0 saturated carbocycles. The Bertz CT molecular complexity index is 62.6. The van der Waals surface area contributed by atoms with Crippen LogP contribution >= 0.6 is 0 Å². The fourth-order valence-corrected chi connectivity index (χ4v) is 0.0962. The molecule has 0 saturated heterocycles. The molecule has 0 aromatic carbocycles. The van der Waals surface area contributed by atoms with E-state index in [9.17, 15) is 0 Å². The van der Waals surface area contributed by atoms with E-state index in [-0.39, 0.29) is 0 Å². The average molecular weight is 66.1 g/mol. The van der Waals surface area contributed by atoms with Crippen LogP contribution in [0.15, 0.2) is 12.2 Å². The summed E-state index contributed by atoms with van der Waals surface area (Å²) in [5.74, 6) is 2.34. The minimum Gasteiger partial charge on any atom is -0.115 e. The zero-order chi connectivity index (χ0) is 4.12. The van der Waals surface area contributed by atoms with E-state index in [1.54, 1.807) is 6.08 Å². The molecule has 0 rings (SSSR count). The fraction of sp³-hybridized carbons (Fsp3) is 0.200. The van der Waals surface area contributed by atoms with Crippen molar-refractivity contribution >= 4 is 0 Å². The summed E-state index contributed by atoms with van der Waals surface area (Å²) in [6.45, 7) is 1.89. The summed E-state index contributed by atoms with van der Waals surface area (Å²) in [6, 6.07) is 0. The van der Waals surface area contributed by atoms with Crippen LogP contribution in [-0.4, -0.2) is 0 Å². The van der Waals surface area contributed by atoms with Crippen LogP contribution in [0.3, 0.4) is 0 Å². The number of hydrogen-bond donors (Lipinski definition) is 0. The second kappa shape index (κ2) is 3.30. The van der Waals surface area contributed by atoms with Crippen LogP contribution in [0.4, 0.5) is 0 Å². The first-order valence-electron chi connectivity index (χ1n) is 1.49. The second-order valence-electron chi connectivity index (χ2n) is 0.667. The van der Waals surface area contributed by atoms with Crippen molar-refractivity contribution in [2.45, 2.75) is 6.92 Å². The van der Waals surface area contributed by atoms with Gasteiger partial charge < -0.3 is 0 Å². The van der Waals surface area contributed by atoms with Gasteiger partial charge in [-0.15, -0.1) is 6.42 Å². The smallest absolute Gasteiger partial charge is 0.0164 e. The highest BCUT2D eigenvalue weighted by atomic mass is 13.5. The van der Waals surface area contributed by atoms with Crippen LogP contribution < -0.4 is 0 Å². The minimum absolute atomic E-state index is 1.65. The molecule has 0 fully saturated rings. The van der Waals surface area contributed by atoms with Crippen LogP contribution in [0.25, 0.3) is 0 Å². The lowest BCUT2D eigenvalue weighted by molar-refractivity contribution is 1.76. The van der Waals surface area contributed by atoms with Gasteiger partial charge >= 0.3 is 0 Å². The third-order valence-corrected chi connectivity index (χ3v) is 0.263. The van der Waals surface area contributed by atoms with E-state index in [4.69, 9.17) is 6.42 Å². The molecule has 0 bridgehead atoms. The quantitative estimate of drug-likeness (QED) is 0.373. The predicted octanol–water partition coefficient (Wildman–Crippen LogP) is 1.20. The maximum Gasteiger partial charge on any atom is -0.0164 e. The molecule has 0 radical (unpaired) electrons. The van der Waals surface area contributed by atoms with Crippen LogP contribution in [0.1, 0.15) is 6.92 Å². The highest BCUT2D eigenvalue weighted by Crippen LogP contribution is 1.58. The van der Waals surface area contributed by atoms with Crippen molar-refractivity contribution in [3.05, 3.63) is 12.2 Å². The molecule has 0 nitrogen and oxygen atoms in total. The maximum atomic E-state index is 4.80. The van der Waals surface area contributed by atoms with Crippen molar-refractivity contribution in [3.63, 3.8) is 0 Å². The molecule has 26 valence electrons. The van der Waals surface area contributed by atoms with Gasteiger partial charge in [-0.3, -0.25) is 0 Å². The van der Waals surface area contributed by atoms with Gasteiger partial charge in [0.2, 0.25) is 0 Å². The Hall–Kier alpha value is -0.700. The van der Waals surface area contributed by atoms with Crippen molar-refractivity contribution in [1.29, 1.82) is 0 Å².